The molecule has 0 fully saturated rings. The van der Waals surface area contributed by atoms with Gasteiger partial charge in [-0.1, -0.05) is 0 Å². The second-order valence-corrected chi connectivity index (χ2v) is 1.86. The monoisotopic (exact) mass is 212 g/mol. The smallest absolute Gasteiger partial charge is 0.321 e. The summed E-state index contributed by atoms with van der Waals surface area (Å²) in [5.41, 5.74) is 4.95. The van der Waals surface area contributed by atoms with Crippen molar-refractivity contribution in [1.82, 2.24) is 10.9 Å². The molecule has 0 heterocycles. The summed E-state index contributed by atoms with van der Waals surface area (Å²) >= 11 is 0. The number of halogens is 1. The average Bonchev–Trinajstić information content (AvgIpc) is 2.11. The zero-order valence-electron chi connectivity index (χ0n) is 7.46. The molecule has 0 aliphatic rings. The van der Waals surface area contributed by atoms with E-state index < -0.39 is 11.9 Å². The van der Waals surface area contributed by atoms with Crippen molar-refractivity contribution in [2.24, 2.45) is 0 Å². The third kappa shape index (κ3) is 9.06. The second kappa shape index (κ2) is 9.24. The lowest BCUT2D eigenvalue weighted by molar-refractivity contribution is -0.142. The molecule has 78 valence electrons. The van der Waals surface area contributed by atoms with Crippen molar-refractivity contribution in [2.75, 3.05) is 27.3 Å². The van der Waals surface area contributed by atoms with Crippen LogP contribution in [-0.4, -0.2) is 39.2 Å². The van der Waals surface area contributed by atoms with Crippen molar-refractivity contribution in [2.45, 2.75) is 0 Å². The number of hydrogen-bond acceptors (Lipinski definition) is 6. The van der Waals surface area contributed by atoms with Gasteiger partial charge in [-0.2, -0.15) is 0 Å². The van der Waals surface area contributed by atoms with Crippen LogP contribution < -0.4 is 10.9 Å². The van der Waals surface area contributed by atoms with E-state index in [1.54, 1.807) is 0 Å². The summed E-state index contributed by atoms with van der Waals surface area (Å²) < 4.78 is 8.65. The molecule has 7 heteroatoms. The van der Waals surface area contributed by atoms with E-state index in [2.05, 4.69) is 20.3 Å². The molecule has 0 aliphatic carbocycles. The predicted molar refractivity (Wildman–Crippen MR) is 47.3 cm³/mol. The predicted octanol–water partition coefficient (Wildman–Crippen LogP) is -1.15. The van der Waals surface area contributed by atoms with E-state index in [1.807, 2.05) is 0 Å². The van der Waals surface area contributed by atoms with E-state index >= 15 is 0 Å². The molecule has 6 nitrogen and oxygen atoms in total. The highest BCUT2D eigenvalue weighted by molar-refractivity contribution is 5.85. The maximum Gasteiger partial charge on any atom is 0.321 e. The molecule has 0 aromatic heterocycles. The summed E-state index contributed by atoms with van der Waals surface area (Å²) in [6.45, 7) is 0.0149. The molecule has 0 atom stereocenters. The van der Waals surface area contributed by atoms with Crippen LogP contribution in [0.2, 0.25) is 0 Å². The Morgan fingerprint density at radius 2 is 1.31 bits per heavy atom. The highest BCUT2D eigenvalue weighted by Gasteiger charge is 2.00. The molecule has 0 aromatic rings. The van der Waals surface area contributed by atoms with Crippen molar-refractivity contribution < 1.29 is 19.1 Å². The van der Waals surface area contributed by atoms with Gasteiger partial charge < -0.3 is 9.47 Å². The normalized spacial score (nSPS) is 8.46. The lowest BCUT2D eigenvalue weighted by Crippen LogP contribution is -2.39. The fourth-order valence-electron chi connectivity index (χ4n) is 0.414. The first-order valence-corrected chi connectivity index (χ1v) is 3.30. The van der Waals surface area contributed by atoms with E-state index in [1.165, 1.54) is 14.2 Å². The molecule has 0 aliphatic heterocycles. The zero-order chi connectivity index (χ0) is 9.40. The van der Waals surface area contributed by atoms with Gasteiger partial charge >= 0.3 is 11.9 Å². The minimum Gasteiger partial charge on any atom is -0.468 e. The summed E-state index contributed by atoms with van der Waals surface area (Å²) in [5.74, 6) is -0.820. The van der Waals surface area contributed by atoms with Gasteiger partial charge in [-0.15, -0.1) is 12.4 Å². The topological polar surface area (TPSA) is 76.7 Å². The van der Waals surface area contributed by atoms with E-state index in [0.29, 0.717) is 0 Å². The molecule has 0 saturated heterocycles. The van der Waals surface area contributed by atoms with Gasteiger partial charge in [0.25, 0.3) is 0 Å². The van der Waals surface area contributed by atoms with Gasteiger partial charge in [0.2, 0.25) is 0 Å². The van der Waals surface area contributed by atoms with Crippen LogP contribution >= 0.6 is 12.4 Å². The average molecular weight is 213 g/mol. The zero-order valence-corrected chi connectivity index (χ0v) is 8.27. The molecule has 0 unspecified atom stereocenters. The van der Waals surface area contributed by atoms with Crippen LogP contribution in [0.5, 0.6) is 0 Å². The van der Waals surface area contributed by atoms with Crippen LogP contribution in [0.4, 0.5) is 0 Å². The number of ether oxygens (including phenoxy) is 2. The minimum absolute atomic E-state index is 0. The first kappa shape index (κ1) is 14.7. The Labute approximate surface area is 82.3 Å². The Bertz CT molecular complexity index is 147. The molecule has 0 spiro atoms. The quantitative estimate of drug-likeness (QED) is 0.341. The van der Waals surface area contributed by atoms with Gasteiger partial charge in [0, 0.05) is 0 Å². The molecule has 0 radical (unpaired) electrons. The fourth-order valence-corrected chi connectivity index (χ4v) is 0.414. The van der Waals surface area contributed by atoms with E-state index in [9.17, 15) is 9.59 Å². The number of hydrazine groups is 1. The molecular formula is C6H13ClN2O4. The molecule has 0 amide bonds. The summed E-state index contributed by atoms with van der Waals surface area (Å²) in [4.78, 5) is 21.0. The first-order chi connectivity index (χ1) is 5.70. The molecule has 0 rings (SSSR count). The van der Waals surface area contributed by atoms with Crippen molar-refractivity contribution in [3.63, 3.8) is 0 Å². The summed E-state index contributed by atoms with van der Waals surface area (Å²) in [7, 11) is 2.56. The van der Waals surface area contributed by atoms with Crippen molar-refractivity contribution in [3.8, 4) is 0 Å². The van der Waals surface area contributed by atoms with Crippen molar-refractivity contribution >= 4 is 24.3 Å². The Balaban J connectivity index is 0. The van der Waals surface area contributed by atoms with E-state index in [0.717, 1.165) is 0 Å². The number of hydrogen-bond donors (Lipinski definition) is 2. The molecular weight excluding hydrogens is 200 g/mol. The largest absolute Gasteiger partial charge is 0.468 e. The Kier molecular flexibility index (Phi) is 10.4. The minimum atomic E-state index is -0.410. The van der Waals surface area contributed by atoms with Crippen LogP contribution in [-0.2, 0) is 19.1 Å². The maximum atomic E-state index is 10.5. The summed E-state index contributed by atoms with van der Waals surface area (Å²) in [5, 5.41) is 0. The van der Waals surface area contributed by atoms with E-state index in [4.69, 9.17) is 0 Å². The molecule has 2 N–H and O–H groups in total. The number of methoxy groups -OCH3 is 2. The van der Waals surface area contributed by atoms with Crippen LogP contribution in [0.1, 0.15) is 0 Å². The van der Waals surface area contributed by atoms with Crippen molar-refractivity contribution in [3.05, 3.63) is 0 Å². The molecule has 13 heavy (non-hydrogen) atoms. The molecule has 0 aromatic carbocycles. The van der Waals surface area contributed by atoms with Gasteiger partial charge in [0.05, 0.1) is 14.2 Å². The number of esters is 2. The number of carbonyl (C=O) groups is 2. The Hall–Kier alpha value is -0.850. The van der Waals surface area contributed by atoms with Gasteiger partial charge in [0.1, 0.15) is 13.1 Å². The highest BCUT2D eigenvalue weighted by atomic mass is 35.5. The van der Waals surface area contributed by atoms with Gasteiger partial charge in [-0.25, -0.2) is 10.9 Å². The van der Waals surface area contributed by atoms with Crippen LogP contribution in [0.3, 0.4) is 0 Å². The Morgan fingerprint density at radius 1 is 1.00 bits per heavy atom. The van der Waals surface area contributed by atoms with Crippen LogP contribution in [0.15, 0.2) is 0 Å². The second-order valence-electron chi connectivity index (χ2n) is 1.86. The lowest BCUT2D eigenvalue weighted by atomic mass is 10.6. The standard InChI is InChI=1S/C6H12N2O4.ClH/c1-11-5(9)3-7-8-4-6(10)12-2;/h7-8H,3-4H2,1-2H3;1H. The highest BCUT2D eigenvalue weighted by Crippen LogP contribution is 1.69. The van der Waals surface area contributed by atoms with E-state index in [-0.39, 0.29) is 25.5 Å². The number of nitrogens with one attached hydrogen (secondary N) is 2. The van der Waals surface area contributed by atoms with Crippen LogP contribution in [0, 0.1) is 0 Å². The van der Waals surface area contributed by atoms with Crippen LogP contribution in [0.25, 0.3) is 0 Å². The third-order valence-electron chi connectivity index (χ3n) is 1.05. The summed E-state index contributed by atoms with van der Waals surface area (Å²) in [6, 6.07) is 0. The fraction of sp³-hybridized carbons (Fsp3) is 0.667. The lowest BCUT2D eigenvalue weighted by Gasteiger charge is -2.03. The Morgan fingerprint density at radius 3 is 1.54 bits per heavy atom. The third-order valence-corrected chi connectivity index (χ3v) is 1.05. The number of rotatable bonds is 5. The molecule has 0 saturated carbocycles. The SMILES string of the molecule is COC(=O)CNNCC(=O)OC.Cl. The van der Waals surface area contributed by atoms with Gasteiger partial charge in [-0.05, 0) is 0 Å². The van der Waals surface area contributed by atoms with Crippen molar-refractivity contribution in [1.29, 1.82) is 0 Å². The van der Waals surface area contributed by atoms with Gasteiger partial charge in [-0.3, -0.25) is 9.59 Å². The van der Waals surface area contributed by atoms with Gasteiger partial charge in [0.15, 0.2) is 0 Å². The number of carbonyl (C=O) groups excluding carboxylic acids is 2. The molecule has 0 bridgehead atoms. The first-order valence-electron chi connectivity index (χ1n) is 3.30. The maximum absolute atomic E-state index is 10.5. The summed E-state index contributed by atoms with van der Waals surface area (Å²) in [6.07, 6.45) is 0.